The van der Waals surface area contributed by atoms with Crippen molar-refractivity contribution >= 4 is 11.5 Å². The number of nitrogens with zero attached hydrogens (tertiary/aromatic N) is 3. The highest BCUT2D eigenvalue weighted by Crippen LogP contribution is 2.30. The summed E-state index contributed by atoms with van der Waals surface area (Å²) in [5, 5.41) is 22.4. The third kappa shape index (κ3) is 3.53. The van der Waals surface area contributed by atoms with E-state index in [0.717, 1.165) is 32.4 Å². The molecule has 0 amide bonds. The van der Waals surface area contributed by atoms with Crippen molar-refractivity contribution in [1.29, 1.82) is 0 Å². The van der Waals surface area contributed by atoms with E-state index >= 15 is 0 Å². The van der Waals surface area contributed by atoms with E-state index < -0.39 is 0 Å². The molecule has 2 N–H and O–H groups in total. The number of rotatable bonds is 6. The highest BCUT2D eigenvalue weighted by Gasteiger charge is 2.29. The minimum absolute atomic E-state index is 0.134. The first-order chi connectivity index (χ1) is 10.0. The summed E-state index contributed by atoms with van der Waals surface area (Å²) in [5.41, 5.74) is 0.705. The van der Waals surface area contributed by atoms with E-state index in [-0.39, 0.29) is 16.7 Å². The molecule has 2 unspecified atom stereocenters. The molecular formula is C14H25N5O2. The van der Waals surface area contributed by atoms with Crippen molar-refractivity contribution in [3.8, 4) is 0 Å². The Morgan fingerprint density at radius 1 is 1.62 bits per heavy atom. The van der Waals surface area contributed by atoms with Gasteiger partial charge in [-0.1, -0.05) is 13.3 Å². The Kier molecular flexibility index (Phi) is 5.17. The van der Waals surface area contributed by atoms with Gasteiger partial charge in [0.2, 0.25) is 5.82 Å². The molecule has 1 fully saturated rings. The summed E-state index contributed by atoms with van der Waals surface area (Å²) in [5.74, 6) is 1.02. The highest BCUT2D eigenvalue weighted by molar-refractivity contribution is 5.60. The Bertz CT molecular complexity index is 494. The van der Waals surface area contributed by atoms with Gasteiger partial charge in [0.25, 0.3) is 0 Å². The summed E-state index contributed by atoms with van der Waals surface area (Å²) in [7, 11) is 1.76. The molecule has 0 bridgehead atoms. The molecule has 0 aromatic carbocycles. The third-order valence-corrected chi connectivity index (χ3v) is 4.17. The smallest absolute Gasteiger partial charge is 0.333 e. The maximum atomic E-state index is 11.4. The van der Waals surface area contributed by atoms with Gasteiger partial charge in [0.05, 0.1) is 4.92 Å². The summed E-state index contributed by atoms with van der Waals surface area (Å²) in [6, 6.07) is 0.182. The van der Waals surface area contributed by atoms with Crippen LogP contribution in [0.4, 0.5) is 11.5 Å². The van der Waals surface area contributed by atoms with Crippen LogP contribution < -0.4 is 10.6 Å². The second kappa shape index (κ2) is 6.89. The standard InChI is InChI=1S/C14H25N5O2/c1-4-6-12-13(19(20)21)14(18(3)17-12)16-10(2)11-7-5-8-15-9-11/h10-11,15-16H,4-9H2,1-3H3. The van der Waals surface area contributed by atoms with Crippen LogP contribution in [0, 0.1) is 16.0 Å². The van der Waals surface area contributed by atoms with Crippen molar-refractivity contribution in [2.24, 2.45) is 13.0 Å². The number of piperidine rings is 1. The summed E-state index contributed by atoms with van der Waals surface area (Å²) < 4.78 is 1.61. The van der Waals surface area contributed by atoms with Crippen molar-refractivity contribution in [1.82, 2.24) is 15.1 Å². The van der Waals surface area contributed by atoms with E-state index in [1.165, 1.54) is 0 Å². The monoisotopic (exact) mass is 295 g/mol. The van der Waals surface area contributed by atoms with E-state index in [1.807, 2.05) is 6.92 Å². The predicted molar refractivity (Wildman–Crippen MR) is 82.5 cm³/mol. The first-order valence-corrected chi connectivity index (χ1v) is 7.72. The first kappa shape index (κ1) is 15.8. The molecule has 7 nitrogen and oxygen atoms in total. The van der Waals surface area contributed by atoms with Gasteiger partial charge in [-0.3, -0.25) is 10.1 Å². The summed E-state index contributed by atoms with van der Waals surface area (Å²) in [6.07, 6.45) is 3.78. The van der Waals surface area contributed by atoms with Crippen molar-refractivity contribution in [3.05, 3.63) is 15.8 Å². The lowest BCUT2D eigenvalue weighted by Gasteiger charge is -2.29. The number of aryl methyl sites for hydroxylation is 2. The van der Waals surface area contributed by atoms with E-state index in [2.05, 4.69) is 22.7 Å². The number of nitrogens with one attached hydrogen (secondary N) is 2. The molecule has 1 saturated heterocycles. The van der Waals surface area contributed by atoms with Crippen molar-refractivity contribution in [3.63, 3.8) is 0 Å². The lowest BCUT2D eigenvalue weighted by molar-refractivity contribution is -0.384. The minimum Gasteiger partial charge on any atom is -0.362 e. The molecule has 1 aromatic heterocycles. The van der Waals surface area contributed by atoms with Crippen LogP contribution in [0.15, 0.2) is 0 Å². The second-order valence-electron chi connectivity index (χ2n) is 5.81. The van der Waals surface area contributed by atoms with Gasteiger partial charge in [0.15, 0.2) is 0 Å². The SMILES string of the molecule is CCCc1nn(C)c(NC(C)C2CCCNC2)c1[N+](=O)[O-]. The van der Waals surface area contributed by atoms with E-state index in [9.17, 15) is 10.1 Å². The van der Waals surface area contributed by atoms with Crippen LogP contribution in [0.5, 0.6) is 0 Å². The van der Waals surface area contributed by atoms with E-state index in [1.54, 1.807) is 11.7 Å². The van der Waals surface area contributed by atoms with Gasteiger partial charge in [-0.05, 0) is 45.2 Å². The Labute approximate surface area is 125 Å². The van der Waals surface area contributed by atoms with E-state index in [4.69, 9.17) is 0 Å². The average Bonchev–Trinajstić information content (AvgIpc) is 2.76. The molecule has 2 rings (SSSR count). The normalized spacial score (nSPS) is 20.2. The van der Waals surface area contributed by atoms with Crippen molar-refractivity contribution in [2.45, 2.75) is 45.6 Å². The molecular weight excluding hydrogens is 270 g/mol. The lowest BCUT2D eigenvalue weighted by Crippen LogP contribution is -2.39. The molecule has 21 heavy (non-hydrogen) atoms. The van der Waals surface area contributed by atoms with Crippen LogP contribution in [0.3, 0.4) is 0 Å². The van der Waals surface area contributed by atoms with Gasteiger partial charge < -0.3 is 10.6 Å². The maximum Gasteiger partial charge on any atom is 0.333 e. The van der Waals surface area contributed by atoms with Crippen molar-refractivity contribution < 1.29 is 4.92 Å². The predicted octanol–water partition coefficient (Wildman–Crippen LogP) is 2.08. The molecule has 0 aliphatic carbocycles. The number of hydrogen-bond acceptors (Lipinski definition) is 5. The number of hydrogen-bond donors (Lipinski definition) is 2. The van der Waals surface area contributed by atoms with Gasteiger partial charge in [-0.2, -0.15) is 5.10 Å². The average molecular weight is 295 g/mol. The Balaban J connectivity index is 2.19. The minimum atomic E-state index is -0.313. The van der Waals surface area contributed by atoms with Gasteiger partial charge >= 0.3 is 5.69 Å². The molecule has 1 aromatic rings. The van der Waals surface area contributed by atoms with Gasteiger partial charge in [-0.25, -0.2) is 4.68 Å². The molecule has 2 atom stereocenters. The molecule has 0 radical (unpaired) electrons. The second-order valence-corrected chi connectivity index (χ2v) is 5.81. The van der Waals surface area contributed by atoms with Crippen LogP contribution in [0.25, 0.3) is 0 Å². The zero-order chi connectivity index (χ0) is 15.4. The lowest BCUT2D eigenvalue weighted by atomic mass is 9.93. The third-order valence-electron chi connectivity index (χ3n) is 4.17. The molecule has 118 valence electrons. The summed E-state index contributed by atoms with van der Waals surface area (Å²) in [4.78, 5) is 11.1. The van der Waals surface area contributed by atoms with Crippen LogP contribution in [-0.2, 0) is 13.5 Å². The van der Waals surface area contributed by atoms with Crippen molar-refractivity contribution in [2.75, 3.05) is 18.4 Å². The summed E-state index contributed by atoms with van der Waals surface area (Å²) in [6.45, 7) is 6.12. The summed E-state index contributed by atoms with van der Waals surface area (Å²) >= 11 is 0. The zero-order valence-electron chi connectivity index (χ0n) is 13.1. The number of anilines is 1. The Morgan fingerprint density at radius 3 is 2.95 bits per heavy atom. The highest BCUT2D eigenvalue weighted by atomic mass is 16.6. The Hall–Kier alpha value is -1.63. The molecule has 0 saturated carbocycles. The topological polar surface area (TPSA) is 85.0 Å². The van der Waals surface area contributed by atoms with Crippen LogP contribution >= 0.6 is 0 Å². The number of aromatic nitrogens is 2. The molecule has 0 spiro atoms. The molecule has 7 heteroatoms. The fourth-order valence-corrected chi connectivity index (χ4v) is 2.97. The molecule has 1 aliphatic rings. The largest absolute Gasteiger partial charge is 0.362 e. The first-order valence-electron chi connectivity index (χ1n) is 7.72. The van der Waals surface area contributed by atoms with Crippen LogP contribution in [-0.4, -0.2) is 33.8 Å². The molecule has 1 aliphatic heterocycles. The van der Waals surface area contributed by atoms with Crippen LogP contribution in [0.2, 0.25) is 0 Å². The van der Waals surface area contributed by atoms with E-state index in [0.29, 0.717) is 23.9 Å². The van der Waals surface area contributed by atoms with Gasteiger partial charge in [0, 0.05) is 13.1 Å². The quantitative estimate of drug-likeness (QED) is 0.620. The van der Waals surface area contributed by atoms with Crippen LogP contribution in [0.1, 0.15) is 38.8 Å². The Morgan fingerprint density at radius 2 is 2.38 bits per heavy atom. The fourth-order valence-electron chi connectivity index (χ4n) is 2.97. The fraction of sp³-hybridized carbons (Fsp3) is 0.786. The molecule has 2 heterocycles. The zero-order valence-corrected chi connectivity index (χ0v) is 13.1. The van der Waals surface area contributed by atoms with Gasteiger partial charge in [-0.15, -0.1) is 0 Å². The number of nitro groups is 1. The van der Waals surface area contributed by atoms with Gasteiger partial charge in [0.1, 0.15) is 5.69 Å². The maximum absolute atomic E-state index is 11.4.